The average molecular weight is 345 g/mol. The molecule has 0 aromatic carbocycles. The van der Waals surface area contributed by atoms with E-state index >= 15 is 0 Å². The largest absolute Gasteiger partial charge is 0.383 e. The van der Waals surface area contributed by atoms with E-state index in [4.69, 9.17) is 4.74 Å². The van der Waals surface area contributed by atoms with E-state index in [9.17, 15) is 9.59 Å². The van der Waals surface area contributed by atoms with Gasteiger partial charge < -0.3 is 19.5 Å². The standard InChI is InChI=1S/C17H23N5O3/c1-12-9-14(19-20(12)2)16(23)18-10-13-11-21-6-4-5-15(21)17(24)22(13)7-8-25-3/h4-6,9,13H,7-8,10-11H2,1-3H3,(H,18,23). The van der Waals surface area contributed by atoms with Gasteiger partial charge in [-0.05, 0) is 25.1 Å². The molecule has 134 valence electrons. The molecule has 1 aliphatic rings. The molecule has 1 unspecified atom stereocenters. The molecule has 3 heterocycles. The van der Waals surface area contributed by atoms with Crippen LogP contribution in [-0.4, -0.2) is 63.9 Å². The van der Waals surface area contributed by atoms with E-state index < -0.39 is 0 Å². The summed E-state index contributed by atoms with van der Waals surface area (Å²) in [4.78, 5) is 26.8. The number of rotatable bonds is 6. The predicted molar refractivity (Wildman–Crippen MR) is 91.4 cm³/mol. The molecule has 0 saturated carbocycles. The van der Waals surface area contributed by atoms with E-state index in [0.29, 0.717) is 37.6 Å². The van der Waals surface area contributed by atoms with Crippen LogP contribution in [0.5, 0.6) is 0 Å². The van der Waals surface area contributed by atoms with Crippen LogP contribution in [0.25, 0.3) is 0 Å². The number of aromatic nitrogens is 3. The summed E-state index contributed by atoms with van der Waals surface area (Å²) in [6.07, 6.45) is 1.89. The normalized spacial score (nSPS) is 16.8. The number of carbonyl (C=O) groups excluding carboxylic acids is 2. The van der Waals surface area contributed by atoms with Crippen molar-refractivity contribution in [3.63, 3.8) is 0 Å². The molecule has 2 aromatic rings. The monoisotopic (exact) mass is 345 g/mol. The van der Waals surface area contributed by atoms with Gasteiger partial charge in [0, 0.05) is 45.7 Å². The fraction of sp³-hybridized carbons (Fsp3) is 0.471. The van der Waals surface area contributed by atoms with Crippen LogP contribution < -0.4 is 5.32 Å². The van der Waals surface area contributed by atoms with Crippen molar-refractivity contribution in [2.75, 3.05) is 26.8 Å². The molecular weight excluding hydrogens is 322 g/mol. The van der Waals surface area contributed by atoms with Crippen molar-refractivity contribution >= 4 is 11.8 Å². The first-order valence-corrected chi connectivity index (χ1v) is 8.25. The Morgan fingerprint density at radius 2 is 2.28 bits per heavy atom. The highest BCUT2D eigenvalue weighted by Crippen LogP contribution is 2.18. The number of hydrogen-bond donors (Lipinski definition) is 1. The van der Waals surface area contributed by atoms with E-state index in [1.807, 2.05) is 29.8 Å². The summed E-state index contributed by atoms with van der Waals surface area (Å²) < 4.78 is 8.71. The summed E-state index contributed by atoms with van der Waals surface area (Å²) in [5, 5.41) is 7.08. The zero-order valence-corrected chi connectivity index (χ0v) is 14.7. The molecule has 1 atom stereocenters. The summed E-state index contributed by atoms with van der Waals surface area (Å²) in [5.41, 5.74) is 1.96. The molecule has 1 aliphatic heterocycles. The van der Waals surface area contributed by atoms with E-state index in [1.165, 1.54) is 0 Å². The molecule has 2 amide bonds. The van der Waals surface area contributed by atoms with Gasteiger partial charge in [0.25, 0.3) is 11.8 Å². The van der Waals surface area contributed by atoms with E-state index in [-0.39, 0.29) is 17.9 Å². The van der Waals surface area contributed by atoms with Gasteiger partial charge in [-0.25, -0.2) is 0 Å². The van der Waals surface area contributed by atoms with Gasteiger partial charge in [-0.15, -0.1) is 0 Å². The minimum atomic E-state index is -0.235. The van der Waals surface area contributed by atoms with Crippen LogP contribution in [0.1, 0.15) is 26.7 Å². The Morgan fingerprint density at radius 1 is 1.48 bits per heavy atom. The Morgan fingerprint density at radius 3 is 2.96 bits per heavy atom. The maximum atomic E-state index is 12.7. The molecule has 0 fully saturated rings. The summed E-state index contributed by atoms with van der Waals surface area (Å²) in [6.45, 7) is 3.84. The van der Waals surface area contributed by atoms with Gasteiger partial charge in [0.05, 0.1) is 12.6 Å². The average Bonchev–Trinajstić information content (AvgIpc) is 3.19. The Labute approximate surface area is 146 Å². The molecule has 8 heteroatoms. The molecule has 1 N–H and O–H groups in total. The zero-order valence-electron chi connectivity index (χ0n) is 14.7. The van der Waals surface area contributed by atoms with Crippen molar-refractivity contribution in [2.24, 2.45) is 7.05 Å². The molecule has 0 bridgehead atoms. The number of nitrogens with zero attached hydrogens (tertiary/aromatic N) is 4. The van der Waals surface area contributed by atoms with E-state index in [2.05, 4.69) is 10.4 Å². The maximum absolute atomic E-state index is 12.7. The number of nitrogens with one attached hydrogen (secondary N) is 1. The number of ether oxygens (including phenoxy) is 1. The SMILES string of the molecule is COCCN1C(=O)c2cccn2CC1CNC(=O)c1cc(C)n(C)n1. The van der Waals surface area contributed by atoms with Gasteiger partial charge in [-0.3, -0.25) is 14.3 Å². The zero-order chi connectivity index (χ0) is 18.0. The molecule has 0 saturated heterocycles. The smallest absolute Gasteiger partial charge is 0.271 e. The van der Waals surface area contributed by atoms with Crippen molar-refractivity contribution in [1.82, 2.24) is 24.6 Å². The van der Waals surface area contributed by atoms with Gasteiger partial charge in [-0.2, -0.15) is 5.10 Å². The number of fused-ring (bicyclic) bond motifs is 1. The lowest BCUT2D eigenvalue weighted by Gasteiger charge is -2.36. The van der Waals surface area contributed by atoms with Crippen molar-refractivity contribution in [3.8, 4) is 0 Å². The van der Waals surface area contributed by atoms with Crippen LogP contribution in [0.3, 0.4) is 0 Å². The number of amides is 2. The third-order valence-corrected chi connectivity index (χ3v) is 4.54. The summed E-state index contributed by atoms with van der Waals surface area (Å²) in [6, 6.07) is 5.29. The highest BCUT2D eigenvalue weighted by atomic mass is 16.5. The third kappa shape index (κ3) is 3.43. The summed E-state index contributed by atoms with van der Waals surface area (Å²) in [5.74, 6) is -0.276. The first-order valence-electron chi connectivity index (χ1n) is 8.25. The third-order valence-electron chi connectivity index (χ3n) is 4.54. The van der Waals surface area contributed by atoms with E-state index in [0.717, 1.165) is 5.69 Å². The van der Waals surface area contributed by atoms with Gasteiger partial charge in [0.15, 0.2) is 0 Å². The van der Waals surface area contributed by atoms with Crippen LogP contribution in [0.2, 0.25) is 0 Å². The van der Waals surface area contributed by atoms with Crippen molar-refractivity contribution in [3.05, 3.63) is 41.5 Å². The fourth-order valence-corrected chi connectivity index (χ4v) is 3.03. The fourth-order valence-electron chi connectivity index (χ4n) is 3.03. The van der Waals surface area contributed by atoms with Crippen LogP contribution in [-0.2, 0) is 18.3 Å². The Balaban J connectivity index is 1.70. The van der Waals surface area contributed by atoms with Crippen LogP contribution >= 0.6 is 0 Å². The Kier molecular flexibility index (Phi) is 4.89. The minimum absolute atomic E-state index is 0.0405. The number of hydrogen-bond acceptors (Lipinski definition) is 4. The topological polar surface area (TPSA) is 81.4 Å². The molecule has 0 spiro atoms. The highest BCUT2D eigenvalue weighted by Gasteiger charge is 2.32. The Hall–Kier alpha value is -2.61. The van der Waals surface area contributed by atoms with Gasteiger partial charge in [0.1, 0.15) is 11.4 Å². The quantitative estimate of drug-likeness (QED) is 0.823. The van der Waals surface area contributed by atoms with Gasteiger partial charge >= 0.3 is 0 Å². The van der Waals surface area contributed by atoms with Crippen LogP contribution in [0.15, 0.2) is 24.4 Å². The van der Waals surface area contributed by atoms with Gasteiger partial charge in [-0.1, -0.05) is 0 Å². The number of carbonyl (C=O) groups is 2. The van der Waals surface area contributed by atoms with Crippen LogP contribution in [0.4, 0.5) is 0 Å². The summed E-state index contributed by atoms with van der Waals surface area (Å²) in [7, 11) is 3.41. The van der Waals surface area contributed by atoms with Crippen molar-refractivity contribution < 1.29 is 14.3 Å². The van der Waals surface area contributed by atoms with Gasteiger partial charge in [0.2, 0.25) is 0 Å². The van der Waals surface area contributed by atoms with Crippen molar-refractivity contribution in [1.29, 1.82) is 0 Å². The second-order valence-electron chi connectivity index (χ2n) is 6.20. The summed E-state index contributed by atoms with van der Waals surface area (Å²) >= 11 is 0. The molecule has 3 rings (SSSR count). The predicted octanol–water partition coefficient (Wildman–Crippen LogP) is 0.431. The number of methoxy groups -OCH3 is 1. The molecule has 8 nitrogen and oxygen atoms in total. The first kappa shape index (κ1) is 17.2. The molecule has 25 heavy (non-hydrogen) atoms. The number of aryl methyl sites for hydroxylation is 2. The lowest BCUT2D eigenvalue weighted by atomic mass is 10.1. The Bertz CT molecular complexity index is 760. The lowest BCUT2D eigenvalue weighted by Crippen LogP contribution is -2.53. The molecule has 2 aromatic heterocycles. The van der Waals surface area contributed by atoms with Crippen molar-refractivity contribution in [2.45, 2.75) is 19.5 Å². The highest BCUT2D eigenvalue weighted by molar-refractivity contribution is 5.94. The first-order chi connectivity index (χ1) is 12.0. The second kappa shape index (κ2) is 7.10. The van der Waals surface area contributed by atoms with Crippen LogP contribution in [0, 0.1) is 6.92 Å². The molecule has 0 aliphatic carbocycles. The minimum Gasteiger partial charge on any atom is -0.383 e. The maximum Gasteiger partial charge on any atom is 0.271 e. The lowest BCUT2D eigenvalue weighted by molar-refractivity contribution is 0.0504. The molecule has 0 radical (unpaired) electrons. The van der Waals surface area contributed by atoms with E-state index in [1.54, 1.807) is 29.8 Å². The second-order valence-corrected chi connectivity index (χ2v) is 6.20. The molecular formula is C17H23N5O3.